The molecule has 1 aliphatic heterocycles. The Balaban J connectivity index is 0.000000387. The second kappa shape index (κ2) is 11.4. The maximum Gasteiger partial charge on any atom is 0.0276 e. The molecule has 0 amide bonds. The summed E-state index contributed by atoms with van der Waals surface area (Å²) in [4.78, 5) is 3.92. The van der Waals surface area contributed by atoms with Crippen molar-refractivity contribution in [1.82, 2.24) is 5.32 Å². The molecule has 2 rings (SSSR count). The molecule has 0 saturated heterocycles. The standard InChI is InChI=1S/C11H13N.C5H11N.C2H6/c1-9-2-4-10(5-3-9)11-6-7-12-8-11;1-4-5(2)6-3;1-2/h2-6,12H,7-8H2,1H3;4H2,1-3H3;1-2H3. The smallest absolute Gasteiger partial charge is 0.0276 e. The number of benzene rings is 1. The highest BCUT2D eigenvalue weighted by molar-refractivity contribution is 5.81. The van der Waals surface area contributed by atoms with Crippen molar-refractivity contribution in [3.05, 3.63) is 41.5 Å². The van der Waals surface area contributed by atoms with Crippen LogP contribution in [-0.4, -0.2) is 25.8 Å². The van der Waals surface area contributed by atoms with Crippen molar-refractivity contribution in [3.63, 3.8) is 0 Å². The normalized spacial score (nSPS) is 13.7. The molecule has 0 spiro atoms. The van der Waals surface area contributed by atoms with E-state index in [1.54, 1.807) is 0 Å². The first-order valence-corrected chi connectivity index (χ1v) is 7.56. The Bertz CT molecular complexity index is 414. The molecule has 1 aromatic carbocycles. The zero-order valence-corrected chi connectivity index (χ0v) is 14.0. The van der Waals surface area contributed by atoms with Gasteiger partial charge in [-0.1, -0.05) is 56.7 Å². The zero-order valence-electron chi connectivity index (χ0n) is 14.0. The molecule has 0 saturated carbocycles. The lowest BCUT2D eigenvalue weighted by Crippen LogP contribution is -2.07. The average molecular weight is 274 g/mol. The first kappa shape index (κ1) is 18.6. The Kier molecular flexibility index (Phi) is 10.6. The summed E-state index contributed by atoms with van der Waals surface area (Å²) in [6.45, 7) is 12.3. The summed E-state index contributed by atoms with van der Waals surface area (Å²) in [7, 11) is 1.82. The molecule has 0 unspecified atom stereocenters. The van der Waals surface area contributed by atoms with E-state index < -0.39 is 0 Å². The molecule has 20 heavy (non-hydrogen) atoms. The largest absolute Gasteiger partial charge is 0.309 e. The molecular formula is C18H30N2. The molecule has 2 nitrogen and oxygen atoms in total. The number of hydrogen-bond acceptors (Lipinski definition) is 2. The van der Waals surface area contributed by atoms with Crippen LogP contribution in [0.25, 0.3) is 5.57 Å². The number of aryl methyl sites for hydroxylation is 1. The van der Waals surface area contributed by atoms with E-state index in [4.69, 9.17) is 0 Å². The van der Waals surface area contributed by atoms with Gasteiger partial charge in [-0.05, 0) is 31.4 Å². The first-order valence-electron chi connectivity index (χ1n) is 7.56. The fourth-order valence-corrected chi connectivity index (χ4v) is 1.62. The van der Waals surface area contributed by atoms with E-state index in [9.17, 15) is 0 Å². The minimum Gasteiger partial charge on any atom is -0.309 e. The van der Waals surface area contributed by atoms with Crippen LogP contribution in [-0.2, 0) is 0 Å². The predicted molar refractivity (Wildman–Crippen MR) is 92.7 cm³/mol. The van der Waals surface area contributed by atoms with E-state index in [1.165, 1.54) is 22.4 Å². The van der Waals surface area contributed by atoms with Crippen molar-refractivity contribution < 1.29 is 0 Å². The fourth-order valence-electron chi connectivity index (χ4n) is 1.62. The van der Waals surface area contributed by atoms with Gasteiger partial charge in [-0.2, -0.15) is 0 Å². The third-order valence-electron chi connectivity index (χ3n) is 3.12. The number of hydrogen-bond donors (Lipinski definition) is 1. The maximum absolute atomic E-state index is 3.92. The number of aliphatic imine (C=N–C) groups is 1. The van der Waals surface area contributed by atoms with Gasteiger partial charge >= 0.3 is 0 Å². The molecule has 0 fully saturated rings. The van der Waals surface area contributed by atoms with Crippen LogP contribution in [0.4, 0.5) is 0 Å². The SMILES string of the molecule is CC.CCC(C)=NC.Cc1ccc(C2=CCNC2)cc1. The number of rotatable bonds is 2. The molecule has 1 heterocycles. The summed E-state index contributed by atoms with van der Waals surface area (Å²) in [6, 6.07) is 8.70. The van der Waals surface area contributed by atoms with Gasteiger partial charge < -0.3 is 5.32 Å². The number of nitrogens with zero attached hydrogens (tertiary/aromatic N) is 1. The van der Waals surface area contributed by atoms with E-state index >= 15 is 0 Å². The van der Waals surface area contributed by atoms with Crippen LogP contribution >= 0.6 is 0 Å². The molecule has 2 heteroatoms. The third-order valence-corrected chi connectivity index (χ3v) is 3.12. The van der Waals surface area contributed by atoms with Gasteiger partial charge in [0.05, 0.1) is 0 Å². The lowest BCUT2D eigenvalue weighted by atomic mass is 10.1. The van der Waals surface area contributed by atoms with E-state index in [2.05, 4.69) is 54.5 Å². The van der Waals surface area contributed by atoms with Gasteiger partial charge in [0, 0.05) is 25.8 Å². The highest BCUT2D eigenvalue weighted by atomic mass is 14.9. The van der Waals surface area contributed by atoms with Gasteiger partial charge in [-0.15, -0.1) is 0 Å². The summed E-state index contributed by atoms with van der Waals surface area (Å²) in [6.07, 6.45) is 3.33. The van der Waals surface area contributed by atoms with Crippen LogP contribution in [0.2, 0.25) is 0 Å². The van der Waals surface area contributed by atoms with Crippen LogP contribution in [0.1, 0.15) is 45.2 Å². The topological polar surface area (TPSA) is 24.4 Å². The van der Waals surface area contributed by atoms with Crippen molar-refractivity contribution in [2.45, 2.75) is 41.0 Å². The first-order chi connectivity index (χ1) is 9.67. The van der Waals surface area contributed by atoms with Crippen molar-refractivity contribution >= 4 is 11.3 Å². The van der Waals surface area contributed by atoms with E-state index in [0.29, 0.717) is 0 Å². The third kappa shape index (κ3) is 7.25. The molecule has 0 atom stereocenters. The summed E-state index contributed by atoms with van der Waals surface area (Å²) < 4.78 is 0. The van der Waals surface area contributed by atoms with Gasteiger partial charge in [-0.3, -0.25) is 4.99 Å². The van der Waals surface area contributed by atoms with Crippen molar-refractivity contribution in [3.8, 4) is 0 Å². The Morgan fingerprint density at radius 2 is 1.80 bits per heavy atom. The summed E-state index contributed by atoms with van der Waals surface area (Å²) >= 11 is 0. The van der Waals surface area contributed by atoms with Crippen LogP contribution in [0, 0.1) is 6.92 Å². The quantitative estimate of drug-likeness (QED) is 0.789. The summed E-state index contributed by atoms with van der Waals surface area (Å²) in [5.74, 6) is 0. The minimum atomic E-state index is 1.02. The lowest BCUT2D eigenvalue weighted by Gasteiger charge is -2.01. The molecule has 1 N–H and O–H groups in total. The average Bonchev–Trinajstić information content (AvgIpc) is 3.04. The highest BCUT2D eigenvalue weighted by Crippen LogP contribution is 2.16. The molecule has 0 aromatic heterocycles. The van der Waals surface area contributed by atoms with E-state index in [1.807, 2.05) is 27.8 Å². The van der Waals surface area contributed by atoms with Crippen molar-refractivity contribution in [2.24, 2.45) is 4.99 Å². The van der Waals surface area contributed by atoms with E-state index in [0.717, 1.165) is 19.5 Å². The van der Waals surface area contributed by atoms with Crippen LogP contribution in [0.15, 0.2) is 35.3 Å². The molecule has 0 radical (unpaired) electrons. The summed E-state index contributed by atoms with van der Waals surface area (Å²) in [5, 5.41) is 3.29. The second-order valence-corrected chi connectivity index (χ2v) is 4.54. The van der Waals surface area contributed by atoms with Gasteiger partial charge in [0.25, 0.3) is 0 Å². The highest BCUT2D eigenvalue weighted by Gasteiger charge is 2.04. The molecular weight excluding hydrogens is 244 g/mol. The number of nitrogens with one attached hydrogen (secondary N) is 1. The lowest BCUT2D eigenvalue weighted by molar-refractivity contribution is 0.897. The van der Waals surface area contributed by atoms with Crippen LogP contribution < -0.4 is 5.32 Å². The molecule has 0 aliphatic carbocycles. The molecule has 0 bridgehead atoms. The molecule has 112 valence electrons. The van der Waals surface area contributed by atoms with Gasteiger partial charge in [0.2, 0.25) is 0 Å². The Morgan fingerprint density at radius 3 is 2.15 bits per heavy atom. The van der Waals surface area contributed by atoms with Gasteiger partial charge in [0.15, 0.2) is 0 Å². The summed E-state index contributed by atoms with van der Waals surface area (Å²) in [5.41, 5.74) is 5.32. The van der Waals surface area contributed by atoms with Crippen molar-refractivity contribution in [1.29, 1.82) is 0 Å². The Hall–Kier alpha value is -1.41. The minimum absolute atomic E-state index is 1.02. The molecule has 1 aromatic rings. The predicted octanol–water partition coefficient (Wildman–Crippen LogP) is 4.49. The van der Waals surface area contributed by atoms with Crippen LogP contribution in [0.3, 0.4) is 0 Å². The maximum atomic E-state index is 3.92. The van der Waals surface area contributed by atoms with Gasteiger partial charge in [-0.25, -0.2) is 0 Å². The second-order valence-electron chi connectivity index (χ2n) is 4.54. The van der Waals surface area contributed by atoms with Gasteiger partial charge in [0.1, 0.15) is 0 Å². The van der Waals surface area contributed by atoms with Crippen LogP contribution in [0.5, 0.6) is 0 Å². The van der Waals surface area contributed by atoms with Crippen molar-refractivity contribution in [2.75, 3.05) is 20.1 Å². The monoisotopic (exact) mass is 274 g/mol. The Labute approximate surface area is 125 Å². The van der Waals surface area contributed by atoms with E-state index in [-0.39, 0.29) is 0 Å². The zero-order chi connectivity index (χ0) is 15.4. The Morgan fingerprint density at radius 1 is 1.20 bits per heavy atom. The molecule has 1 aliphatic rings. The fraction of sp³-hybridized carbons (Fsp3) is 0.500.